The molecule has 0 bridgehead atoms. The summed E-state index contributed by atoms with van der Waals surface area (Å²) in [7, 11) is 0. The molecule has 1 aromatic carbocycles. The Morgan fingerprint density at radius 2 is 2.00 bits per heavy atom. The van der Waals surface area contributed by atoms with Gasteiger partial charge in [0, 0.05) is 5.69 Å². The average molecular weight is 216 g/mol. The Labute approximate surface area is 89.9 Å². The number of nitrogens with one attached hydrogen (secondary N) is 1. The van der Waals surface area contributed by atoms with E-state index in [4.69, 9.17) is 4.74 Å². The minimum atomic E-state index is 0. The Hall–Kier alpha value is -1.22. The predicted molar refractivity (Wildman–Crippen MR) is 59.4 cm³/mol. The SMILES string of the molecule is CCOc1ccc(NCC=O)cc1.Cl. The van der Waals surface area contributed by atoms with E-state index in [1.165, 1.54) is 0 Å². The van der Waals surface area contributed by atoms with E-state index in [-0.39, 0.29) is 12.4 Å². The fourth-order valence-electron chi connectivity index (χ4n) is 0.995. The first-order valence-corrected chi connectivity index (χ1v) is 4.27. The van der Waals surface area contributed by atoms with Gasteiger partial charge in [0.2, 0.25) is 0 Å². The molecule has 0 saturated heterocycles. The monoisotopic (exact) mass is 215 g/mol. The molecule has 0 aliphatic heterocycles. The molecular weight excluding hydrogens is 202 g/mol. The summed E-state index contributed by atoms with van der Waals surface area (Å²) in [5, 5.41) is 2.94. The molecule has 0 fully saturated rings. The molecule has 4 heteroatoms. The first-order chi connectivity index (χ1) is 6.36. The Kier molecular flexibility index (Phi) is 6.58. The van der Waals surface area contributed by atoms with Crippen molar-refractivity contribution in [2.45, 2.75) is 6.92 Å². The molecule has 0 heterocycles. The highest BCUT2D eigenvalue weighted by Crippen LogP contribution is 2.14. The number of rotatable bonds is 5. The van der Waals surface area contributed by atoms with Crippen LogP contribution in [0.25, 0.3) is 0 Å². The topological polar surface area (TPSA) is 38.3 Å². The van der Waals surface area contributed by atoms with Crippen molar-refractivity contribution in [2.75, 3.05) is 18.5 Å². The van der Waals surface area contributed by atoms with E-state index in [2.05, 4.69) is 5.32 Å². The van der Waals surface area contributed by atoms with Crippen LogP contribution >= 0.6 is 12.4 Å². The number of anilines is 1. The fourth-order valence-corrected chi connectivity index (χ4v) is 0.995. The van der Waals surface area contributed by atoms with Crippen LogP contribution in [0.15, 0.2) is 24.3 Å². The fraction of sp³-hybridized carbons (Fsp3) is 0.300. The molecule has 0 spiro atoms. The van der Waals surface area contributed by atoms with Crippen molar-refractivity contribution in [3.05, 3.63) is 24.3 Å². The molecule has 0 amide bonds. The number of hydrogen-bond acceptors (Lipinski definition) is 3. The Morgan fingerprint density at radius 3 is 2.50 bits per heavy atom. The van der Waals surface area contributed by atoms with Gasteiger partial charge in [-0.05, 0) is 31.2 Å². The average Bonchev–Trinajstić information content (AvgIpc) is 2.17. The smallest absolute Gasteiger partial charge is 0.139 e. The van der Waals surface area contributed by atoms with E-state index in [0.717, 1.165) is 17.7 Å². The van der Waals surface area contributed by atoms with Crippen molar-refractivity contribution in [3.63, 3.8) is 0 Å². The van der Waals surface area contributed by atoms with Gasteiger partial charge >= 0.3 is 0 Å². The van der Waals surface area contributed by atoms with Crippen LogP contribution in [-0.2, 0) is 4.79 Å². The first kappa shape index (κ1) is 12.8. The molecule has 0 aromatic heterocycles. The van der Waals surface area contributed by atoms with E-state index in [9.17, 15) is 4.79 Å². The predicted octanol–water partition coefficient (Wildman–Crippen LogP) is 2.12. The summed E-state index contributed by atoms with van der Waals surface area (Å²) in [6.45, 7) is 2.95. The summed E-state index contributed by atoms with van der Waals surface area (Å²) in [5.41, 5.74) is 0.926. The number of carbonyl (C=O) groups is 1. The van der Waals surface area contributed by atoms with Crippen molar-refractivity contribution in [1.82, 2.24) is 0 Å². The number of aldehydes is 1. The summed E-state index contributed by atoms with van der Waals surface area (Å²) in [4.78, 5) is 10.1. The maximum atomic E-state index is 10.1. The van der Waals surface area contributed by atoms with Crippen molar-refractivity contribution >= 4 is 24.4 Å². The molecular formula is C10H14ClNO2. The van der Waals surface area contributed by atoms with E-state index in [0.29, 0.717) is 13.2 Å². The lowest BCUT2D eigenvalue weighted by Gasteiger charge is -2.04. The second-order valence-electron chi connectivity index (χ2n) is 2.50. The van der Waals surface area contributed by atoms with Gasteiger partial charge in [-0.15, -0.1) is 12.4 Å². The highest BCUT2D eigenvalue weighted by Gasteiger charge is 1.92. The lowest BCUT2D eigenvalue weighted by molar-refractivity contribution is -0.106. The lowest BCUT2D eigenvalue weighted by atomic mass is 10.3. The Morgan fingerprint density at radius 1 is 1.36 bits per heavy atom. The molecule has 1 aromatic rings. The maximum absolute atomic E-state index is 10.1. The largest absolute Gasteiger partial charge is 0.494 e. The van der Waals surface area contributed by atoms with Crippen LogP contribution in [-0.4, -0.2) is 19.4 Å². The molecule has 0 aliphatic carbocycles. The summed E-state index contributed by atoms with van der Waals surface area (Å²) >= 11 is 0. The molecule has 0 radical (unpaired) electrons. The van der Waals surface area contributed by atoms with Gasteiger partial charge in [0.05, 0.1) is 13.2 Å². The molecule has 1 rings (SSSR count). The zero-order valence-corrected chi connectivity index (χ0v) is 8.84. The van der Waals surface area contributed by atoms with E-state index >= 15 is 0 Å². The molecule has 1 N–H and O–H groups in total. The highest BCUT2D eigenvalue weighted by molar-refractivity contribution is 5.85. The van der Waals surface area contributed by atoms with Crippen molar-refractivity contribution in [1.29, 1.82) is 0 Å². The molecule has 3 nitrogen and oxygen atoms in total. The Balaban J connectivity index is 0.00000169. The van der Waals surface area contributed by atoms with Gasteiger partial charge in [0.15, 0.2) is 0 Å². The van der Waals surface area contributed by atoms with Crippen LogP contribution in [0.3, 0.4) is 0 Å². The van der Waals surface area contributed by atoms with Crippen molar-refractivity contribution in [3.8, 4) is 5.75 Å². The first-order valence-electron chi connectivity index (χ1n) is 4.27. The quantitative estimate of drug-likeness (QED) is 0.765. The van der Waals surface area contributed by atoms with Gasteiger partial charge in [-0.2, -0.15) is 0 Å². The third kappa shape index (κ3) is 4.14. The van der Waals surface area contributed by atoms with Crippen LogP contribution in [0.5, 0.6) is 5.75 Å². The molecule has 0 atom stereocenters. The summed E-state index contributed by atoms with van der Waals surface area (Å²) in [5.74, 6) is 0.846. The number of hydrogen-bond donors (Lipinski definition) is 1. The number of halogens is 1. The third-order valence-electron chi connectivity index (χ3n) is 1.55. The maximum Gasteiger partial charge on any atom is 0.139 e. The van der Waals surface area contributed by atoms with E-state index < -0.39 is 0 Å². The Bertz CT molecular complexity index is 261. The molecule has 0 unspecified atom stereocenters. The van der Waals surface area contributed by atoms with Gasteiger partial charge in [-0.3, -0.25) is 0 Å². The van der Waals surface area contributed by atoms with Crippen LogP contribution in [0.2, 0.25) is 0 Å². The number of benzene rings is 1. The van der Waals surface area contributed by atoms with Crippen LogP contribution in [0, 0.1) is 0 Å². The summed E-state index contributed by atoms with van der Waals surface area (Å²) in [6, 6.07) is 7.51. The molecule has 78 valence electrons. The van der Waals surface area contributed by atoms with Gasteiger partial charge < -0.3 is 14.8 Å². The number of ether oxygens (including phenoxy) is 1. The minimum Gasteiger partial charge on any atom is -0.494 e. The zero-order valence-electron chi connectivity index (χ0n) is 8.03. The minimum absolute atomic E-state index is 0. The summed E-state index contributed by atoms with van der Waals surface area (Å²) in [6.07, 6.45) is 0.830. The van der Waals surface area contributed by atoms with Crippen molar-refractivity contribution < 1.29 is 9.53 Å². The van der Waals surface area contributed by atoms with Gasteiger partial charge in [-0.1, -0.05) is 0 Å². The third-order valence-corrected chi connectivity index (χ3v) is 1.55. The zero-order chi connectivity index (χ0) is 9.52. The van der Waals surface area contributed by atoms with Crippen LogP contribution < -0.4 is 10.1 Å². The van der Waals surface area contributed by atoms with Gasteiger partial charge in [0.25, 0.3) is 0 Å². The van der Waals surface area contributed by atoms with E-state index in [1.807, 2.05) is 31.2 Å². The van der Waals surface area contributed by atoms with E-state index in [1.54, 1.807) is 0 Å². The number of carbonyl (C=O) groups excluding carboxylic acids is 1. The molecule has 0 saturated carbocycles. The van der Waals surface area contributed by atoms with Gasteiger partial charge in [-0.25, -0.2) is 0 Å². The van der Waals surface area contributed by atoms with Gasteiger partial charge in [0.1, 0.15) is 12.0 Å². The van der Waals surface area contributed by atoms with Crippen LogP contribution in [0.1, 0.15) is 6.92 Å². The highest BCUT2D eigenvalue weighted by atomic mass is 35.5. The lowest BCUT2D eigenvalue weighted by Crippen LogP contribution is -2.01. The van der Waals surface area contributed by atoms with Crippen LogP contribution in [0.4, 0.5) is 5.69 Å². The van der Waals surface area contributed by atoms with Crippen molar-refractivity contribution in [2.24, 2.45) is 0 Å². The second-order valence-corrected chi connectivity index (χ2v) is 2.50. The second kappa shape index (κ2) is 7.21. The standard InChI is InChI=1S/C10H13NO2.ClH/c1-2-13-10-5-3-9(4-6-10)11-7-8-12;/h3-6,8,11H,2,7H2,1H3;1H. The summed E-state index contributed by atoms with van der Waals surface area (Å²) < 4.78 is 5.27. The normalized spacial score (nSPS) is 8.64. The molecule has 14 heavy (non-hydrogen) atoms. The molecule has 0 aliphatic rings.